The molecule has 0 bridgehead atoms. The van der Waals surface area contributed by atoms with Crippen molar-refractivity contribution in [3.63, 3.8) is 0 Å². The minimum Gasteiger partial charge on any atom is -0.481 e. The van der Waals surface area contributed by atoms with E-state index in [-0.39, 0.29) is 36.7 Å². The van der Waals surface area contributed by atoms with Crippen LogP contribution in [0, 0.1) is 28.6 Å². The highest BCUT2D eigenvalue weighted by molar-refractivity contribution is 5.85. The number of carbonyl (C=O) groups is 2. The lowest BCUT2D eigenvalue weighted by Crippen LogP contribution is -2.42. The van der Waals surface area contributed by atoms with Crippen LogP contribution in [0.2, 0.25) is 0 Å². The first-order valence-corrected chi connectivity index (χ1v) is 8.70. The molecule has 8 nitrogen and oxygen atoms in total. The number of aliphatic carboxylic acids is 1. The maximum Gasteiger partial charge on any atom is 0.313 e. The van der Waals surface area contributed by atoms with E-state index in [1.807, 2.05) is 4.90 Å². The number of nitriles is 1. The Hall–Kier alpha value is -2.82. The summed E-state index contributed by atoms with van der Waals surface area (Å²) >= 11 is 0. The van der Waals surface area contributed by atoms with Crippen LogP contribution in [0.3, 0.4) is 0 Å². The molecule has 3 fully saturated rings. The van der Waals surface area contributed by atoms with Gasteiger partial charge in [-0.2, -0.15) is 5.26 Å². The van der Waals surface area contributed by atoms with Crippen molar-refractivity contribution in [2.45, 2.75) is 12.8 Å². The van der Waals surface area contributed by atoms with Crippen LogP contribution in [-0.2, 0) is 9.59 Å². The van der Waals surface area contributed by atoms with Crippen molar-refractivity contribution in [3.8, 4) is 11.9 Å². The Bertz CT molecular complexity index is 816. The second-order valence-corrected chi connectivity index (χ2v) is 7.36. The zero-order chi connectivity index (χ0) is 18.5. The molecule has 2 atom stereocenters. The Kier molecular flexibility index (Phi) is 3.75. The van der Waals surface area contributed by atoms with Crippen LogP contribution in [0.25, 0.3) is 0 Å². The summed E-state index contributed by atoms with van der Waals surface area (Å²) in [4.78, 5) is 32.2. The number of fused-ring (bicyclic) bond motifs is 1. The fraction of sp³-hybridized carbons (Fsp3) is 0.556. The van der Waals surface area contributed by atoms with Crippen LogP contribution >= 0.6 is 0 Å². The predicted molar refractivity (Wildman–Crippen MR) is 90.6 cm³/mol. The van der Waals surface area contributed by atoms with Crippen LogP contribution in [0.4, 0.5) is 5.69 Å². The summed E-state index contributed by atoms with van der Waals surface area (Å²) in [6.45, 7) is 1.46. The molecule has 26 heavy (non-hydrogen) atoms. The second kappa shape index (κ2) is 5.87. The Balaban J connectivity index is 1.62. The molecule has 0 spiro atoms. The van der Waals surface area contributed by atoms with E-state index in [1.165, 1.54) is 7.11 Å². The molecule has 1 amide bonds. The average molecular weight is 356 g/mol. The largest absolute Gasteiger partial charge is 0.481 e. The topological polar surface area (TPSA) is 107 Å². The first-order valence-electron chi connectivity index (χ1n) is 8.70. The van der Waals surface area contributed by atoms with Crippen molar-refractivity contribution in [1.82, 2.24) is 9.88 Å². The fourth-order valence-corrected chi connectivity index (χ4v) is 4.26. The smallest absolute Gasteiger partial charge is 0.313 e. The number of hydrogen-bond donors (Lipinski definition) is 1. The Morgan fingerprint density at radius 3 is 2.73 bits per heavy atom. The van der Waals surface area contributed by atoms with Gasteiger partial charge >= 0.3 is 5.97 Å². The molecule has 0 radical (unpaired) electrons. The van der Waals surface area contributed by atoms with Gasteiger partial charge in [-0.15, -0.1) is 0 Å². The van der Waals surface area contributed by atoms with Gasteiger partial charge in [-0.1, -0.05) is 0 Å². The van der Waals surface area contributed by atoms with Crippen LogP contribution in [-0.4, -0.2) is 60.2 Å². The first kappa shape index (κ1) is 16.6. The number of ether oxygens (including phenoxy) is 1. The third-order valence-corrected chi connectivity index (χ3v) is 5.81. The number of anilines is 1. The number of carboxylic acid groups (broad SMARTS) is 1. The molecule has 4 rings (SSSR count). The molecule has 3 aliphatic rings. The van der Waals surface area contributed by atoms with Crippen molar-refractivity contribution in [2.24, 2.45) is 17.3 Å². The highest BCUT2D eigenvalue weighted by atomic mass is 16.5. The van der Waals surface area contributed by atoms with Gasteiger partial charge in [0.1, 0.15) is 17.0 Å². The number of nitrogens with zero attached hydrogens (tertiary/aromatic N) is 4. The number of methoxy groups -OCH3 is 1. The van der Waals surface area contributed by atoms with Gasteiger partial charge in [-0.05, 0) is 18.9 Å². The van der Waals surface area contributed by atoms with E-state index in [4.69, 9.17) is 4.74 Å². The van der Waals surface area contributed by atoms with E-state index in [2.05, 4.69) is 11.1 Å². The number of aromatic nitrogens is 1. The third kappa shape index (κ3) is 2.38. The van der Waals surface area contributed by atoms with Crippen LogP contribution in [0.1, 0.15) is 18.4 Å². The number of hydrogen-bond acceptors (Lipinski definition) is 6. The lowest BCUT2D eigenvalue weighted by atomic mass is 9.81. The molecule has 136 valence electrons. The summed E-state index contributed by atoms with van der Waals surface area (Å²) in [6.07, 6.45) is 3.38. The van der Waals surface area contributed by atoms with Crippen molar-refractivity contribution in [1.29, 1.82) is 5.26 Å². The van der Waals surface area contributed by atoms with Crippen molar-refractivity contribution >= 4 is 17.6 Å². The Morgan fingerprint density at radius 2 is 2.15 bits per heavy atom. The lowest BCUT2D eigenvalue weighted by molar-refractivity contribution is -0.148. The predicted octanol–water partition coefficient (Wildman–Crippen LogP) is 0.721. The second-order valence-electron chi connectivity index (χ2n) is 7.36. The highest BCUT2D eigenvalue weighted by Gasteiger charge is 2.59. The van der Waals surface area contributed by atoms with Gasteiger partial charge in [0.25, 0.3) is 0 Å². The van der Waals surface area contributed by atoms with Gasteiger partial charge in [0.2, 0.25) is 11.8 Å². The zero-order valence-electron chi connectivity index (χ0n) is 14.5. The molecule has 1 aliphatic carbocycles. The number of pyridine rings is 1. The third-order valence-electron chi connectivity index (χ3n) is 5.81. The van der Waals surface area contributed by atoms with Crippen LogP contribution in [0.5, 0.6) is 5.88 Å². The number of carboxylic acids is 1. The standard InChI is InChI=1S/C18H20N4O4/c1-26-15-13(6-19)14(4-5-20-15)21-7-12-8-22(16(23)11-2-3-11)10-18(12,9-21)17(24)25/h4-5,11-12H,2-3,7-10H2,1H3,(H,24,25)/t12-,18-/m1/s1. The zero-order valence-corrected chi connectivity index (χ0v) is 14.5. The van der Waals surface area contributed by atoms with Gasteiger partial charge in [0.05, 0.1) is 12.8 Å². The molecular weight excluding hydrogens is 336 g/mol. The van der Waals surface area contributed by atoms with E-state index in [0.717, 1.165) is 12.8 Å². The fourth-order valence-electron chi connectivity index (χ4n) is 4.26. The van der Waals surface area contributed by atoms with E-state index < -0.39 is 11.4 Å². The summed E-state index contributed by atoms with van der Waals surface area (Å²) in [6, 6.07) is 3.82. The SMILES string of the molecule is COc1nccc(N2C[C@@H]3CN(C(=O)C4CC4)C[C@]3(C(=O)O)C2)c1C#N. The molecule has 1 saturated carbocycles. The van der Waals surface area contributed by atoms with Crippen LogP contribution in [0.15, 0.2) is 12.3 Å². The summed E-state index contributed by atoms with van der Waals surface area (Å²) in [5.41, 5.74) is -0.0517. The maximum atomic E-state index is 12.4. The normalized spacial score (nSPS) is 27.2. The average Bonchev–Trinajstić information content (AvgIpc) is 3.32. The van der Waals surface area contributed by atoms with E-state index in [9.17, 15) is 20.0 Å². The lowest BCUT2D eigenvalue weighted by Gasteiger charge is -2.27. The quantitative estimate of drug-likeness (QED) is 0.847. The molecule has 2 aliphatic heterocycles. The number of rotatable bonds is 4. The summed E-state index contributed by atoms with van der Waals surface area (Å²) in [5, 5.41) is 19.4. The molecule has 3 heterocycles. The van der Waals surface area contributed by atoms with E-state index in [1.54, 1.807) is 17.2 Å². The number of likely N-dealkylation sites (tertiary alicyclic amines) is 1. The summed E-state index contributed by atoms with van der Waals surface area (Å²) in [5.74, 6) is -0.624. The molecule has 0 aromatic carbocycles. The van der Waals surface area contributed by atoms with E-state index >= 15 is 0 Å². The minimum absolute atomic E-state index is 0.0884. The van der Waals surface area contributed by atoms with Gasteiger partial charge < -0.3 is 19.6 Å². The molecular formula is C18H20N4O4. The summed E-state index contributed by atoms with van der Waals surface area (Å²) in [7, 11) is 1.45. The van der Waals surface area contributed by atoms with Crippen molar-refractivity contribution in [3.05, 3.63) is 17.8 Å². The minimum atomic E-state index is -0.992. The molecule has 8 heteroatoms. The molecule has 1 aromatic heterocycles. The molecule has 1 N–H and O–H groups in total. The Labute approximate surface area is 151 Å². The van der Waals surface area contributed by atoms with Gasteiger partial charge in [0, 0.05) is 44.2 Å². The van der Waals surface area contributed by atoms with Crippen molar-refractivity contribution in [2.75, 3.05) is 38.2 Å². The van der Waals surface area contributed by atoms with Crippen molar-refractivity contribution < 1.29 is 19.4 Å². The molecule has 0 unspecified atom stereocenters. The van der Waals surface area contributed by atoms with Crippen LogP contribution < -0.4 is 9.64 Å². The van der Waals surface area contributed by atoms with Gasteiger partial charge in [-0.25, -0.2) is 4.98 Å². The molecule has 1 aromatic rings. The maximum absolute atomic E-state index is 12.4. The highest BCUT2D eigenvalue weighted by Crippen LogP contribution is 2.46. The van der Waals surface area contributed by atoms with Gasteiger partial charge in [0.15, 0.2) is 0 Å². The first-order chi connectivity index (χ1) is 12.5. The molecule has 2 saturated heterocycles. The summed E-state index contributed by atoms with van der Waals surface area (Å²) < 4.78 is 5.16. The van der Waals surface area contributed by atoms with E-state index in [0.29, 0.717) is 24.3 Å². The monoisotopic (exact) mass is 356 g/mol. The Morgan fingerprint density at radius 1 is 1.38 bits per heavy atom. The number of carbonyl (C=O) groups excluding carboxylic acids is 1. The van der Waals surface area contributed by atoms with Gasteiger partial charge in [-0.3, -0.25) is 9.59 Å². The number of amides is 1.